The number of nitrogens with zero attached hydrogens (tertiary/aromatic N) is 2. The van der Waals surface area contributed by atoms with E-state index in [1.807, 2.05) is 36.4 Å². The van der Waals surface area contributed by atoms with E-state index in [1.165, 1.54) is 11.3 Å². The van der Waals surface area contributed by atoms with Gasteiger partial charge in [0.25, 0.3) is 5.91 Å². The quantitative estimate of drug-likeness (QED) is 0.737. The summed E-state index contributed by atoms with van der Waals surface area (Å²) in [6.45, 7) is 4.06. The minimum Gasteiger partial charge on any atom is -0.371 e. The second kappa shape index (κ2) is 8.26. The monoisotopic (exact) mass is 371 g/mol. The first-order chi connectivity index (χ1) is 13.7. The largest absolute Gasteiger partial charge is 0.371 e. The number of anilines is 1. The molecular weight excluding hydrogens is 346 g/mol. The smallest absolute Gasteiger partial charge is 0.251 e. The van der Waals surface area contributed by atoms with Gasteiger partial charge in [-0.2, -0.15) is 0 Å². The summed E-state index contributed by atoms with van der Waals surface area (Å²) in [5.41, 5.74) is 5.45. The van der Waals surface area contributed by atoms with Crippen LogP contribution in [0.5, 0.6) is 0 Å². The number of aryl methyl sites for hydroxylation is 1. The van der Waals surface area contributed by atoms with Crippen LogP contribution in [-0.4, -0.2) is 30.0 Å². The molecule has 1 N–H and O–H groups in total. The number of pyridine rings is 1. The zero-order valence-corrected chi connectivity index (χ0v) is 16.1. The van der Waals surface area contributed by atoms with Crippen molar-refractivity contribution in [2.75, 3.05) is 18.0 Å². The predicted octanol–water partition coefficient (Wildman–Crippen LogP) is 4.46. The van der Waals surface area contributed by atoms with E-state index < -0.39 is 0 Å². The fraction of sp³-hybridized carbons (Fsp3) is 0.250. The SMILES string of the molecule is Cc1cccc(N2CCC(NC(=O)c3ccc(-c4ccncc4)cc3)CC2)c1. The minimum absolute atomic E-state index is 0.00952. The number of aromatic nitrogens is 1. The second-order valence-corrected chi connectivity index (χ2v) is 7.39. The van der Waals surface area contributed by atoms with Gasteiger partial charge >= 0.3 is 0 Å². The van der Waals surface area contributed by atoms with Crippen LogP contribution in [0.4, 0.5) is 5.69 Å². The minimum atomic E-state index is 0.00952. The van der Waals surface area contributed by atoms with E-state index >= 15 is 0 Å². The molecule has 0 saturated carbocycles. The number of benzene rings is 2. The van der Waals surface area contributed by atoms with Gasteiger partial charge in [0, 0.05) is 42.8 Å². The molecule has 0 spiro atoms. The summed E-state index contributed by atoms with van der Waals surface area (Å²) in [7, 11) is 0. The number of carbonyl (C=O) groups excluding carboxylic acids is 1. The standard InChI is InChI=1S/C24H25N3O/c1-18-3-2-4-23(17-18)27-15-11-22(12-16-27)26-24(28)21-7-5-19(6-8-21)20-9-13-25-14-10-20/h2-10,13-14,17,22H,11-12,15-16H2,1H3,(H,26,28). The maximum Gasteiger partial charge on any atom is 0.251 e. The summed E-state index contributed by atoms with van der Waals surface area (Å²) >= 11 is 0. The maximum atomic E-state index is 12.6. The third-order valence-electron chi connectivity index (χ3n) is 5.36. The first kappa shape index (κ1) is 18.2. The Morgan fingerprint density at radius 2 is 1.64 bits per heavy atom. The molecule has 1 fully saturated rings. The first-order valence-electron chi connectivity index (χ1n) is 9.82. The van der Waals surface area contributed by atoms with Gasteiger partial charge in [0.05, 0.1) is 0 Å². The number of piperidine rings is 1. The van der Waals surface area contributed by atoms with E-state index in [0.29, 0.717) is 5.56 Å². The third-order valence-corrected chi connectivity index (χ3v) is 5.36. The second-order valence-electron chi connectivity index (χ2n) is 7.39. The summed E-state index contributed by atoms with van der Waals surface area (Å²) in [4.78, 5) is 19.1. The molecule has 2 aromatic carbocycles. The molecule has 0 atom stereocenters. The molecule has 1 aliphatic heterocycles. The number of hydrogen-bond acceptors (Lipinski definition) is 3. The van der Waals surface area contributed by atoms with Gasteiger partial charge in [0.1, 0.15) is 0 Å². The first-order valence-corrected chi connectivity index (χ1v) is 9.82. The molecule has 4 heteroatoms. The normalized spacial score (nSPS) is 14.7. The molecule has 0 bridgehead atoms. The third kappa shape index (κ3) is 4.22. The lowest BCUT2D eigenvalue weighted by molar-refractivity contribution is 0.0931. The van der Waals surface area contributed by atoms with Gasteiger partial charge < -0.3 is 10.2 Å². The molecule has 1 amide bonds. The molecular formula is C24H25N3O. The van der Waals surface area contributed by atoms with E-state index in [2.05, 4.69) is 46.4 Å². The van der Waals surface area contributed by atoms with E-state index in [1.54, 1.807) is 12.4 Å². The van der Waals surface area contributed by atoms with Crippen molar-refractivity contribution in [1.82, 2.24) is 10.3 Å². The van der Waals surface area contributed by atoms with Crippen molar-refractivity contribution < 1.29 is 4.79 Å². The van der Waals surface area contributed by atoms with Gasteiger partial charge in [-0.15, -0.1) is 0 Å². The number of amides is 1. The van der Waals surface area contributed by atoms with Gasteiger partial charge in [0.2, 0.25) is 0 Å². The van der Waals surface area contributed by atoms with Gasteiger partial charge in [-0.05, 0) is 72.9 Å². The molecule has 1 aromatic heterocycles. The van der Waals surface area contributed by atoms with E-state index in [-0.39, 0.29) is 11.9 Å². The lowest BCUT2D eigenvalue weighted by atomic mass is 10.0. The molecule has 4 rings (SSSR count). The number of hydrogen-bond donors (Lipinski definition) is 1. The van der Waals surface area contributed by atoms with Gasteiger partial charge in [-0.1, -0.05) is 24.3 Å². The highest BCUT2D eigenvalue weighted by Crippen LogP contribution is 2.22. The van der Waals surface area contributed by atoms with Crippen LogP contribution in [0.25, 0.3) is 11.1 Å². The van der Waals surface area contributed by atoms with Crippen molar-refractivity contribution in [3.63, 3.8) is 0 Å². The highest BCUT2D eigenvalue weighted by atomic mass is 16.1. The van der Waals surface area contributed by atoms with E-state index in [0.717, 1.165) is 37.1 Å². The fourth-order valence-corrected chi connectivity index (χ4v) is 3.73. The molecule has 0 radical (unpaired) electrons. The van der Waals surface area contributed by atoms with Crippen LogP contribution in [0.1, 0.15) is 28.8 Å². The molecule has 1 aliphatic rings. The molecule has 28 heavy (non-hydrogen) atoms. The Balaban J connectivity index is 1.33. The molecule has 1 saturated heterocycles. The highest BCUT2D eigenvalue weighted by Gasteiger charge is 2.21. The van der Waals surface area contributed by atoms with Crippen LogP contribution in [0.15, 0.2) is 73.1 Å². The highest BCUT2D eigenvalue weighted by molar-refractivity contribution is 5.94. The zero-order chi connectivity index (χ0) is 19.3. The number of carbonyl (C=O) groups is 1. The summed E-state index contributed by atoms with van der Waals surface area (Å²) in [5.74, 6) is 0.00952. The van der Waals surface area contributed by atoms with Crippen LogP contribution in [-0.2, 0) is 0 Å². The van der Waals surface area contributed by atoms with Crippen LogP contribution >= 0.6 is 0 Å². The van der Waals surface area contributed by atoms with Crippen molar-refractivity contribution in [2.24, 2.45) is 0 Å². The Kier molecular flexibility index (Phi) is 5.38. The molecule has 0 unspecified atom stereocenters. The predicted molar refractivity (Wildman–Crippen MR) is 114 cm³/mol. The van der Waals surface area contributed by atoms with Crippen molar-refractivity contribution in [1.29, 1.82) is 0 Å². The molecule has 142 valence electrons. The van der Waals surface area contributed by atoms with Crippen molar-refractivity contribution in [3.8, 4) is 11.1 Å². The average molecular weight is 371 g/mol. The van der Waals surface area contributed by atoms with E-state index in [9.17, 15) is 4.79 Å². The van der Waals surface area contributed by atoms with Gasteiger partial charge in [-0.3, -0.25) is 9.78 Å². The van der Waals surface area contributed by atoms with Gasteiger partial charge in [0.15, 0.2) is 0 Å². The molecule has 4 nitrogen and oxygen atoms in total. The summed E-state index contributed by atoms with van der Waals surface area (Å²) in [6.07, 6.45) is 5.49. The Hall–Kier alpha value is -3.14. The summed E-state index contributed by atoms with van der Waals surface area (Å²) in [5, 5.41) is 3.20. The van der Waals surface area contributed by atoms with Crippen molar-refractivity contribution >= 4 is 11.6 Å². The molecule has 0 aliphatic carbocycles. The number of nitrogens with one attached hydrogen (secondary N) is 1. The fourth-order valence-electron chi connectivity index (χ4n) is 3.73. The lowest BCUT2D eigenvalue weighted by Gasteiger charge is -2.34. The Morgan fingerprint density at radius 1 is 0.964 bits per heavy atom. The summed E-state index contributed by atoms with van der Waals surface area (Å²) in [6, 6.07) is 20.6. The lowest BCUT2D eigenvalue weighted by Crippen LogP contribution is -2.44. The van der Waals surface area contributed by atoms with Crippen molar-refractivity contribution in [3.05, 3.63) is 84.2 Å². The topological polar surface area (TPSA) is 45.2 Å². The molecule has 3 aromatic rings. The Bertz CT molecular complexity index is 930. The average Bonchev–Trinajstić information content (AvgIpc) is 2.75. The van der Waals surface area contributed by atoms with E-state index in [4.69, 9.17) is 0 Å². The summed E-state index contributed by atoms with van der Waals surface area (Å²) < 4.78 is 0. The van der Waals surface area contributed by atoms with Crippen LogP contribution in [0.2, 0.25) is 0 Å². The van der Waals surface area contributed by atoms with Crippen LogP contribution in [0.3, 0.4) is 0 Å². The Morgan fingerprint density at radius 3 is 2.32 bits per heavy atom. The zero-order valence-electron chi connectivity index (χ0n) is 16.1. The van der Waals surface area contributed by atoms with Gasteiger partial charge in [-0.25, -0.2) is 0 Å². The number of rotatable bonds is 4. The van der Waals surface area contributed by atoms with Crippen LogP contribution < -0.4 is 10.2 Å². The Labute approximate surface area is 166 Å². The molecule has 2 heterocycles. The van der Waals surface area contributed by atoms with Crippen LogP contribution in [0, 0.1) is 6.92 Å². The maximum absolute atomic E-state index is 12.6. The van der Waals surface area contributed by atoms with Crippen molar-refractivity contribution in [2.45, 2.75) is 25.8 Å².